The van der Waals surface area contributed by atoms with Gasteiger partial charge in [-0.05, 0) is 37.1 Å². The van der Waals surface area contributed by atoms with Gasteiger partial charge < -0.3 is 15.4 Å². The molecule has 142 valence electrons. The van der Waals surface area contributed by atoms with Crippen molar-refractivity contribution in [2.24, 2.45) is 0 Å². The Morgan fingerprint density at radius 3 is 2.07 bits per heavy atom. The Labute approximate surface area is 158 Å². The van der Waals surface area contributed by atoms with Crippen molar-refractivity contribution < 1.29 is 19.1 Å². The van der Waals surface area contributed by atoms with Crippen LogP contribution in [0.15, 0.2) is 54.6 Å². The summed E-state index contributed by atoms with van der Waals surface area (Å²) >= 11 is 0. The smallest absolute Gasteiger partial charge is 0.306 e. The van der Waals surface area contributed by atoms with Gasteiger partial charge in [0.05, 0.1) is 13.0 Å². The molecule has 27 heavy (non-hydrogen) atoms. The molecule has 0 fully saturated rings. The highest BCUT2D eigenvalue weighted by Gasteiger charge is 2.09. The van der Waals surface area contributed by atoms with Gasteiger partial charge in [0.15, 0.2) is 0 Å². The highest BCUT2D eigenvalue weighted by atomic mass is 16.5. The van der Waals surface area contributed by atoms with E-state index in [2.05, 4.69) is 10.6 Å². The minimum Gasteiger partial charge on any atom is -0.466 e. The average Bonchev–Trinajstić information content (AvgIpc) is 2.66. The molecule has 2 rings (SSSR count). The molecule has 0 aromatic heterocycles. The number of hydrogen-bond donors (Lipinski definition) is 2. The summed E-state index contributed by atoms with van der Waals surface area (Å²) in [6.07, 6.45) is 1.12. The first-order valence-electron chi connectivity index (χ1n) is 8.96. The fraction of sp³-hybridized carbons (Fsp3) is 0.286. The Morgan fingerprint density at radius 1 is 0.815 bits per heavy atom. The first-order chi connectivity index (χ1) is 13.1. The fourth-order valence-electron chi connectivity index (χ4n) is 2.47. The molecule has 2 aromatic rings. The fourth-order valence-corrected chi connectivity index (χ4v) is 2.47. The highest BCUT2D eigenvalue weighted by Crippen LogP contribution is 2.16. The van der Waals surface area contributed by atoms with E-state index in [4.69, 9.17) is 4.74 Å². The predicted octanol–water partition coefficient (Wildman–Crippen LogP) is 3.54. The maximum absolute atomic E-state index is 12.1. The number of amides is 2. The largest absolute Gasteiger partial charge is 0.466 e. The van der Waals surface area contributed by atoms with E-state index in [9.17, 15) is 14.4 Å². The molecule has 2 N–H and O–H groups in total. The molecule has 0 bridgehead atoms. The standard InChI is InChI=1S/C21H24N2O4/c1-2-27-21(26)14-13-20(25)23-18-10-6-9-17(15-18)22-19(24)12-11-16-7-4-3-5-8-16/h3-10,15H,2,11-14H2,1H3,(H,22,24)(H,23,25). The first kappa shape index (κ1) is 20.2. The van der Waals surface area contributed by atoms with E-state index in [1.165, 1.54) is 0 Å². The molecule has 0 saturated carbocycles. The van der Waals surface area contributed by atoms with E-state index in [1.54, 1.807) is 31.2 Å². The zero-order chi connectivity index (χ0) is 19.5. The second-order valence-corrected chi connectivity index (χ2v) is 5.97. The van der Waals surface area contributed by atoms with Crippen molar-refractivity contribution in [1.82, 2.24) is 0 Å². The number of benzene rings is 2. The third-order valence-electron chi connectivity index (χ3n) is 3.78. The zero-order valence-corrected chi connectivity index (χ0v) is 15.4. The van der Waals surface area contributed by atoms with Crippen molar-refractivity contribution in [2.75, 3.05) is 17.2 Å². The van der Waals surface area contributed by atoms with E-state index >= 15 is 0 Å². The summed E-state index contributed by atoms with van der Waals surface area (Å²) in [5.74, 6) is -0.771. The van der Waals surface area contributed by atoms with Gasteiger partial charge in [-0.3, -0.25) is 14.4 Å². The Morgan fingerprint density at radius 2 is 1.44 bits per heavy atom. The number of carbonyl (C=O) groups is 3. The molecule has 0 heterocycles. The van der Waals surface area contributed by atoms with Gasteiger partial charge in [0, 0.05) is 24.2 Å². The van der Waals surface area contributed by atoms with Gasteiger partial charge in [0.25, 0.3) is 0 Å². The SMILES string of the molecule is CCOC(=O)CCC(=O)Nc1cccc(NC(=O)CCc2ccccc2)c1. The van der Waals surface area contributed by atoms with Crippen molar-refractivity contribution in [2.45, 2.75) is 32.6 Å². The number of nitrogens with one attached hydrogen (secondary N) is 2. The molecular weight excluding hydrogens is 344 g/mol. The van der Waals surface area contributed by atoms with Crippen LogP contribution in [0.2, 0.25) is 0 Å². The molecule has 0 aliphatic heterocycles. The summed E-state index contributed by atoms with van der Waals surface area (Å²) in [6, 6.07) is 16.7. The lowest BCUT2D eigenvalue weighted by Crippen LogP contribution is -2.15. The van der Waals surface area contributed by atoms with Crippen molar-refractivity contribution in [3.05, 3.63) is 60.2 Å². The lowest BCUT2D eigenvalue weighted by Gasteiger charge is -2.09. The van der Waals surface area contributed by atoms with Crippen LogP contribution < -0.4 is 10.6 Å². The highest BCUT2D eigenvalue weighted by molar-refractivity contribution is 5.95. The van der Waals surface area contributed by atoms with Gasteiger partial charge in [-0.2, -0.15) is 0 Å². The minimum absolute atomic E-state index is 0.0373. The molecule has 6 heteroatoms. The zero-order valence-electron chi connectivity index (χ0n) is 15.4. The lowest BCUT2D eigenvalue weighted by molar-refractivity contribution is -0.144. The summed E-state index contributed by atoms with van der Waals surface area (Å²) in [7, 11) is 0. The molecule has 6 nitrogen and oxygen atoms in total. The normalized spacial score (nSPS) is 10.1. The van der Waals surface area contributed by atoms with Crippen LogP contribution in [0.3, 0.4) is 0 Å². The van der Waals surface area contributed by atoms with Crippen LogP contribution in [0.1, 0.15) is 31.7 Å². The van der Waals surface area contributed by atoms with Gasteiger partial charge in [-0.25, -0.2) is 0 Å². The van der Waals surface area contributed by atoms with Crippen LogP contribution in [0.4, 0.5) is 11.4 Å². The van der Waals surface area contributed by atoms with Crippen LogP contribution in [0.25, 0.3) is 0 Å². The van der Waals surface area contributed by atoms with Gasteiger partial charge in [0.2, 0.25) is 11.8 Å². The number of esters is 1. The third-order valence-corrected chi connectivity index (χ3v) is 3.78. The van der Waals surface area contributed by atoms with Crippen molar-refractivity contribution in [3.8, 4) is 0 Å². The number of anilines is 2. The van der Waals surface area contributed by atoms with Gasteiger partial charge >= 0.3 is 5.97 Å². The van der Waals surface area contributed by atoms with E-state index in [1.807, 2.05) is 30.3 Å². The number of hydrogen-bond acceptors (Lipinski definition) is 4. The predicted molar refractivity (Wildman–Crippen MR) is 104 cm³/mol. The van der Waals surface area contributed by atoms with E-state index in [0.29, 0.717) is 30.8 Å². The van der Waals surface area contributed by atoms with Crippen molar-refractivity contribution in [1.29, 1.82) is 0 Å². The quantitative estimate of drug-likeness (QED) is 0.663. The van der Waals surface area contributed by atoms with Gasteiger partial charge in [0.1, 0.15) is 0 Å². The second kappa shape index (κ2) is 10.8. The Hall–Kier alpha value is -3.15. The minimum atomic E-state index is -0.396. The van der Waals surface area contributed by atoms with E-state index in [-0.39, 0.29) is 24.7 Å². The molecule has 2 aromatic carbocycles. The Balaban J connectivity index is 1.81. The van der Waals surface area contributed by atoms with Crippen LogP contribution in [0.5, 0.6) is 0 Å². The maximum Gasteiger partial charge on any atom is 0.306 e. The second-order valence-electron chi connectivity index (χ2n) is 5.97. The molecular formula is C21H24N2O4. The van der Waals surface area contributed by atoms with E-state index in [0.717, 1.165) is 5.56 Å². The molecule has 0 aliphatic rings. The summed E-state index contributed by atoms with van der Waals surface area (Å²) in [6.45, 7) is 2.02. The number of aryl methyl sites for hydroxylation is 1. The van der Waals surface area contributed by atoms with Gasteiger partial charge in [-0.1, -0.05) is 36.4 Å². The van der Waals surface area contributed by atoms with Crippen molar-refractivity contribution >= 4 is 29.2 Å². The third kappa shape index (κ3) is 7.73. The number of ether oxygens (including phenoxy) is 1. The lowest BCUT2D eigenvalue weighted by atomic mass is 10.1. The van der Waals surface area contributed by atoms with Crippen molar-refractivity contribution in [3.63, 3.8) is 0 Å². The Bertz CT molecular complexity index is 775. The number of rotatable bonds is 9. The summed E-state index contributed by atoms with van der Waals surface area (Å²) in [5.41, 5.74) is 2.27. The Kier molecular flexibility index (Phi) is 8.03. The molecule has 2 amide bonds. The van der Waals surface area contributed by atoms with Crippen LogP contribution >= 0.6 is 0 Å². The topological polar surface area (TPSA) is 84.5 Å². The maximum atomic E-state index is 12.1. The molecule has 0 spiro atoms. The molecule has 0 radical (unpaired) electrons. The average molecular weight is 368 g/mol. The molecule has 0 aliphatic carbocycles. The summed E-state index contributed by atoms with van der Waals surface area (Å²) in [4.78, 5) is 35.3. The summed E-state index contributed by atoms with van der Waals surface area (Å²) in [5, 5.41) is 5.54. The van der Waals surface area contributed by atoms with Crippen LogP contribution in [-0.2, 0) is 25.5 Å². The van der Waals surface area contributed by atoms with E-state index < -0.39 is 5.97 Å². The van der Waals surface area contributed by atoms with Gasteiger partial charge in [-0.15, -0.1) is 0 Å². The van der Waals surface area contributed by atoms with Crippen LogP contribution in [0, 0.1) is 0 Å². The summed E-state index contributed by atoms with van der Waals surface area (Å²) < 4.78 is 4.79. The van der Waals surface area contributed by atoms with Crippen LogP contribution in [-0.4, -0.2) is 24.4 Å². The number of carbonyl (C=O) groups excluding carboxylic acids is 3. The molecule has 0 unspecified atom stereocenters. The molecule has 0 saturated heterocycles. The first-order valence-corrected chi connectivity index (χ1v) is 8.96. The molecule has 0 atom stereocenters. The monoisotopic (exact) mass is 368 g/mol.